The number of carbonyl (C=O) groups is 1. The fourth-order valence-corrected chi connectivity index (χ4v) is 2.35. The summed E-state index contributed by atoms with van der Waals surface area (Å²) in [5.41, 5.74) is 1.12. The van der Waals surface area contributed by atoms with Gasteiger partial charge in [0, 0.05) is 24.2 Å². The lowest BCUT2D eigenvalue weighted by molar-refractivity contribution is -0.117. The first kappa shape index (κ1) is 17.7. The van der Waals surface area contributed by atoms with Crippen molar-refractivity contribution in [2.75, 3.05) is 39.2 Å². The van der Waals surface area contributed by atoms with E-state index in [-0.39, 0.29) is 5.91 Å². The number of ether oxygens (including phenoxy) is 1. The number of hydrogen-bond donors (Lipinski definition) is 1. The Kier molecular flexibility index (Phi) is 6.76. The zero-order valence-electron chi connectivity index (χ0n) is 13.3. The van der Waals surface area contributed by atoms with Gasteiger partial charge in [0.25, 0.3) is 0 Å². The van der Waals surface area contributed by atoms with Crippen LogP contribution >= 0.6 is 15.9 Å². The summed E-state index contributed by atoms with van der Waals surface area (Å²) < 4.78 is 7.81. The minimum atomic E-state index is -0.0684. The lowest BCUT2D eigenvalue weighted by atomic mass is 10.2. The van der Waals surface area contributed by atoms with Crippen LogP contribution in [0.2, 0.25) is 0 Å². The van der Waals surface area contributed by atoms with Crippen molar-refractivity contribution < 1.29 is 9.53 Å². The van der Waals surface area contributed by atoms with Gasteiger partial charge in [-0.15, -0.1) is 0 Å². The molecule has 124 valence electrons. The molecule has 1 amide bonds. The molecule has 0 aliphatic rings. The van der Waals surface area contributed by atoms with E-state index in [4.69, 9.17) is 4.74 Å². The fraction of sp³-hybridized carbons (Fsp3) is 0.375. The highest BCUT2D eigenvalue weighted by Crippen LogP contribution is 2.14. The summed E-state index contributed by atoms with van der Waals surface area (Å²) in [6.07, 6.45) is 1.68. The van der Waals surface area contributed by atoms with Gasteiger partial charge in [0.2, 0.25) is 5.91 Å². The molecule has 0 spiro atoms. The highest BCUT2D eigenvalue weighted by Gasteiger charge is 2.10. The molecule has 0 saturated heterocycles. The minimum Gasteiger partial charge on any atom is -0.383 e. The average molecular weight is 381 g/mol. The number of likely N-dealkylation sites (N-methyl/N-ethyl adjacent to an activating group) is 1. The van der Waals surface area contributed by atoms with Gasteiger partial charge in [0.1, 0.15) is 5.82 Å². The maximum atomic E-state index is 12.1. The number of hydrogen-bond acceptors (Lipinski definition) is 4. The molecule has 1 aromatic carbocycles. The van der Waals surface area contributed by atoms with Crippen molar-refractivity contribution in [2.45, 2.75) is 6.54 Å². The van der Waals surface area contributed by atoms with E-state index in [0.717, 1.165) is 10.0 Å². The highest BCUT2D eigenvalue weighted by molar-refractivity contribution is 9.10. The summed E-state index contributed by atoms with van der Waals surface area (Å²) in [5, 5.41) is 7.17. The summed E-state index contributed by atoms with van der Waals surface area (Å²) in [6.45, 7) is 2.23. The number of aromatic nitrogens is 2. The molecule has 0 aliphatic heterocycles. The van der Waals surface area contributed by atoms with Gasteiger partial charge in [-0.1, -0.05) is 28.1 Å². The second-order valence-corrected chi connectivity index (χ2v) is 6.19. The molecule has 0 fully saturated rings. The Balaban J connectivity index is 1.92. The Labute approximate surface area is 144 Å². The van der Waals surface area contributed by atoms with Crippen molar-refractivity contribution >= 4 is 27.7 Å². The molecule has 0 aliphatic carbocycles. The van der Waals surface area contributed by atoms with E-state index in [0.29, 0.717) is 32.1 Å². The van der Waals surface area contributed by atoms with Crippen molar-refractivity contribution in [3.05, 3.63) is 46.6 Å². The summed E-state index contributed by atoms with van der Waals surface area (Å²) in [6, 6.07) is 9.82. The van der Waals surface area contributed by atoms with E-state index in [2.05, 4.69) is 26.3 Å². The number of rotatable bonds is 8. The van der Waals surface area contributed by atoms with Gasteiger partial charge < -0.3 is 10.1 Å². The van der Waals surface area contributed by atoms with Gasteiger partial charge in [-0.25, -0.2) is 4.68 Å². The van der Waals surface area contributed by atoms with Crippen LogP contribution < -0.4 is 5.32 Å². The van der Waals surface area contributed by atoms with E-state index in [1.807, 2.05) is 36.2 Å². The first-order chi connectivity index (χ1) is 11.1. The van der Waals surface area contributed by atoms with Crippen LogP contribution in [-0.2, 0) is 16.1 Å². The van der Waals surface area contributed by atoms with Crippen LogP contribution in [0.15, 0.2) is 41.0 Å². The van der Waals surface area contributed by atoms with Crippen LogP contribution in [0.1, 0.15) is 5.56 Å². The quantitative estimate of drug-likeness (QED) is 0.762. The number of amides is 1. The Bertz CT molecular complexity index is 627. The molecule has 1 heterocycles. The van der Waals surface area contributed by atoms with E-state index in [9.17, 15) is 4.79 Å². The number of nitrogens with one attached hydrogen (secondary N) is 1. The van der Waals surface area contributed by atoms with Crippen molar-refractivity contribution in [1.82, 2.24) is 14.7 Å². The maximum absolute atomic E-state index is 12.1. The third kappa shape index (κ3) is 5.78. The number of nitrogens with zero attached hydrogens (tertiary/aromatic N) is 3. The molecule has 2 rings (SSSR count). The van der Waals surface area contributed by atoms with Crippen molar-refractivity contribution in [2.24, 2.45) is 0 Å². The number of benzene rings is 1. The van der Waals surface area contributed by atoms with Crippen LogP contribution in [0.25, 0.3) is 0 Å². The van der Waals surface area contributed by atoms with Gasteiger partial charge in [0.15, 0.2) is 0 Å². The van der Waals surface area contributed by atoms with Crippen LogP contribution in [-0.4, -0.2) is 54.4 Å². The second-order valence-electron chi connectivity index (χ2n) is 5.28. The zero-order chi connectivity index (χ0) is 16.7. The van der Waals surface area contributed by atoms with Gasteiger partial charge in [0.05, 0.1) is 25.9 Å². The van der Waals surface area contributed by atoms with Gasteiger partial charge in [-0.2, -0.15) is 5.10 Å². The van der Waals surface area contributed by atoms with E-state index >= 15 is 0 Å². The van der Waals surface area contributed by atoms with Crippen molar-refractivity contribution in [1.29, 1.82) is 0 Å². The third-order valence-corrected chi connectivity index (χ3v) is 3.85. The molecule has 0 atom stereocenters. The highest BCUT2D eigenvalue weighted by atomic mass is 79.9. The lowest BCUT2D eigenvalue weighted by Gasteiger charge is -2.16. The van der Waals surface area contributed by atoms with Crippen LogP contribution in [0, 0.1) is 0 Å². The monoisotopic (exact) mass is 380 g/mol. The number of methoxy groups -OCH3 is 1. The molecule has 0 unspecified atom stereocenters. The first-order valence-corrected chi connectivity index (χ1v) is 8.11. The molecule has 2 aromatic rings. The summed E-state index contributed by atoms with van der Waals surface area (Å²) in [7, 11) is 3.53. The summed E-state index contributed by atoms with van der Waals surface area (Å²) in [4.78, 5) is 14.0. The van der Waals surface area contributed by atoms with E-state index in [1.54, 1.807) is 24.1 Å². The van der Waals surface area contributed by atoms with Crippen molar-refractivity contribution in [3.63, 3.8) is 0 Å². The van der Waals surface area contributed by atoms with E-state index in [1.165, 1.54) is 0 Å². The molecule has 7 heteroatoms. The Morgan fingerprint density at radius 1 is 1.35 bits per heavy atom. The zero-order valence-corrected chi connectivity index (χ0v) is 14.9. The molecule has 0 bridgehead atoms. The fourth-order valence-electron chi connectivity index (χ4n) is 2.08. The predicted octanol–water partition coefficient (Wildman–Crippen LogP) is 2.21. The molecule has 1 aromatic heterocycles. The van der Waals surface area contributed by atoms with Crippen LogP contribution in [0.3, 0.4) is 0 Å². The maximum Gasteiger partial charge on any atom is 0.239 e. The SMILES string of the molecule is COCCN(C)CC(=O)Nc1ccnn1Cc1ccc(Br)cc1. The topological polar surface area (TPSA) is 59.4 Å². The van der Waals surface area contributed by atoms with Crippen LogP contribution in [0.5, 0.6) is 0 Å². The number of carbonyl (C=O) groups excluding carboxylic acids is 1. The molecular weight excluding hydrogens is 360 g/mol. The Morgan fingerprint density at radius 2 is 2.09 bits per heavy atom. The molecule has 6 nitrogen and oxygen atoms in total. The average Bonchev–Trinajstić information content (AvgIpc) is 2.94. The molecule has 1 N–H and O–H groups in total. The molecule has 0 radical (unpaired) electrons. The normalized spacial score (nSPS) is 11.0. The smallest absolute Gasteiger partial charge is 0.239 e. The molecule has 23 heavy (non-hydrogen) atoms. The lowest BCUT2D eigenvalue weighted by Crippen LogP contribution is -2.33. The number of halogens is 1. The number of anilines is 1. The standard InChI is InChI=1S/C16H21BrN4O2/c1-20(9-10-23-2)12-16(22)19-15-7-8-18-21(15)11-13-3-5-14(17)6-4-13/h3-8H,9-12H2,1-2H3,(H,19,22). The summed E-state index contributed by atoms with van der Waals surface area (Å²) in [5.74, 6) is 0.624. The second kappa shape index (κ2) is 8.81. The van der Waals surface area contributed by atoms with Crippen LogP contribution in [0.4, 0.5) is 5.82 Å². The van der Waals surface area contributed by atoms with Crippen molar-refractivity contribution in [3.8, 4) is 0 Å². The van der Waals surface area contributed by atoms with Gasteiger partial charge in [-0.05, 0) is 24.7 Å². The third-order valence-electron chi connectivity index (χ3n) is 3.32. The summed E-state index contributed by atoms with van der Waals surface area (Å²) >= 11 is 3.42. The Morgan fingerprint density at radius 3 is 2.78 bits per heavy atom. The first-order valence-electron chi connectivity index (χ1n) is 7.32. The largest absolute Gasteiger partial charge is 0.383 e. The van der Waals surface area contributed by atoms with Gasteiger partial charge >= 0.3 is 0 Å². The Hall–Kier alpha value is -1.70. The molecule has 0 saturated carbocycles. The molecular formula is C16H21BrN4O2. The van der Waals surface area contributed by atoms with Gasteiger partial charge in [-0.3, -0.25) is 9.69 Å². The predicted molar refractivity (Wildman–Crippen MR) is 93.5 cm³/mol. The van der Waals surface area contributed by atoms with E-state index < -0.39 is 0 Å². The minimum absolute atomic E-state index is 0.0684.